The van der Waals surface area contributed by atoms with Crippen LogP contribution in [-0.4, -0.2) is 36.7 Å². The summed E-state index contributed by atoms with van der Waals surface area (Å²) in [4.78, 5) is 11.6. The molecule has 1 aromatic heterocycles. The van der Waals surface area contributed by atoms with Crippen LogP contribution in [0.2, 0.25) is 19.6 Å². The van der Waals surface area contributed by atoms with E-state index in [0.717, 1.165) is 10.9 Å². The number of esters is 1. The standard InChI is InChI=1S/C15H22N2O3Si/c1-11(21(3,4)5)20-10-17-14-8-12(15(18)19-2)6-7-13(14)9-16-17/h6-9,11H,10H2,1-5H3. The van der Waals surface area contributed by atoms with E-state index >= 15 is 0 Å². The number of hydrogen-bond donors (Lipinski definition) is 0. The fourth-order valence-electron chi connectivity index (χ4n) is 1.85. The molecule has 5 nitrogen and oxygen atoms in total. The lowest BCUT2D eigenvalue weighted by Gasteiger charge is -2.25. The SMILES string of the molecule is COC(=O)c1ccc2cnn(COC(C)[Si](C)(C)C)c2c1. The van der Waals surface area contributed by atoms with Crippen molar-refractivity contribution in [1.29, 1.82) is 0 Å². The van der Waals surface area contributed by atoms with Crippen molar-refractivity contribution in [3.05, 3.63) is 30.0 Å². The van der Waals surface area contributed by atoms with Crippen molar-refractivity contribution in [2.24, 2.45) is 0 Å². The third kappa shape index (κ3) is 3.51. The first-order chi connectivity index (χ1) is 9.82. The number of carbonyl (C=O) groups is 1. The van der Waals surface area contributed by atoms with Crippen molar-refractivity contribution in [2.45, 2.75) is 39.0 Å². The summed E-state index contributed by atoms with van der Waals surface area (Å²) >= 11 is 0. The molecular weight excluding hydrogens is 284 g/mol. The first-order valence-electron chi connectivity index (χ1n) is 6.98. The minimum absolute atomic E-state index is 0.237. The molecule has 2 rings (SSSR count). The van der Waals surface area contributed by atoms with Gasteiger partial charge in [0.15, 0.2) is 0 Å². The zero-order chi connectivity index (χ0) is 15.6. The Bertz CT molecular complexity index is 646. The van der Waals surface area contributed by atoms with Gasteiger partial charge in [-0.05, 0) is 19.1 Å². The van der Waals surface area contributed by atoms with Gasteiger partial charge in [-0.3, -0.25) is 0 Å². The van der Waals surface area contributed by atoms with Gasteiger partial charge < -0.3 is 9.47 Å². The number of methoxy groups -OCH3 is 1. The Kier molecular flexibility index (Phi) is 4.48. The minimum atomic E-state index is -1.33. The van der Waals surface area contributed by atoms with Crippen LogP contribution in [0.15, 0.2) is 24.4 Å². The number of hydrogen-bond acceptors (Lipinski definition) is 4. The molecule has 0 amide bonds. The van der Waals surface area contributed by atoms with Gasteiger partial charge in [0.1, 0.15) is 6.73 Å². The van der Waals surface area contributed by atoms with Crippen molar-refractivity contribution in [2.75, 3.05) is 7.11 Å². The van der Waals surface area contributed by atoms with Crippen molar-refractivity contribution < 1.29 is 14.3 Å². The second-order valence-corrected chi connectivity index (χ2v) is 11.8. The van der Waals surface area contributed by atoms with Crippen LogP contribution in [-0.2, 0) is 16.2 Å². The Morgan fingerprint density at radius 3 is 2.71 bits per heavy atom. The molecule has 6 heteroatoms. The number of aromatic nitrogens is 2. The smallest absolute Gasteiger partial charge is 0.337 e. The summed E-state index contributed by atoms with van der Waals surface area (Å²) < 4.78 is 12.5. The molecule has 1 heterocycles. The molecule has 1 atom stereocenters. The van der Waals surface area contributed by atoms with E-state index in [9.17, 15) is 4.79 Å². The Labute approximate surface area is 125 Å². The lowest BCUT2D eigenvalue weighted by Crippen LogP contribution is -2.38. The van der Waals surface area contributed by atoms with Crippen molar-refractivity contribution in [3.8, 4) is 0 Å². The van der Waals surface area contributed by atoms with E-state index in [2.05, 4.69) is 31.7 Å². The summed E-state index contributed by atoms with van der Waals surface area (Å²) in [5, 5.41) is 5.31. The van der Waals surface area contributed by atoms with Gasteiger partial charge in [0.2, 0.25) is 0 Å². The van der Waals surface area contributed by atoms with Crippen LogP contribution in [0.4, 0.5) is 0 Å². The van der Waals surface area contributed by atoms with E-state index in [1.807, 2.05) is 6.07 Å². The first-order valence-corrected chi connectivity index (χ1v) is 10.6. The molecular formula is C15H22N2O3Si. The van der Waals surface area contributed by atoms with E-state index in [-0.39, 0.29) is 11.7 Å². The highest BCUT2D eigenvalue weighted by Gasteiger charge is 2.23. The van der Waals surface area contributed by atoms with Crippen LogP contribution in [0.5, 0.6) is 0 Å². The predicted molar refractivity (Wildman–Crippen MR) is 85.0 cm³/mol. The number of carbonyl (C=O) groups excluding carboxylic acids is 1. The lowest BCUT2D eigenvalue weighted by atomic mass is 10.2. The quantitative estimate of drug-likeness (QED) is 0.629. The molecule has 1 unspecified atom stereocenters. The van der Waals surface area contributed by atoms with Gasteiger partial charge in [-0.15, -0.1) is 0 Å². The highest BCUT2D eigenvalue weighted by atomic mass is 28.3. The van der Waals surface area contributed by atoms with Crippen LogP contribution in [0.3, 0.4) is 0 Å². The van der Waals surface area contributed by atoms with E-state index < -0.39 is 8.07 Å². The van der Waals surface area contributed by atoms with Gasteiger partial charge in [-0.1, -0.05) is 25.7 Å². The molecule has 0 aliphatic carbocycles. The number of ether oxygens (including phenoxy) is 2. The molecule has 0 spiro atoms. The number of nitrogens with zero attached hydrogens (tertiary/aromatic N) is 2. The maximum atomic E-state index is 11.6. The summed E-state index contributed by atoms with van der Waals surface area (Å²) in [5.41, 5.74) is 1.63. The van der Waals surface area contributed by atoms with Gasteiger partial charge in [0, 0.05) is 11.1 Å². The molecule has 0 N–H and O–H groups in total. The van der Waals surface area contributed by atoms with Gasteiger partial charge in [-0.25, -0.2) is 9.48 Å². The van der Waals surface area contributed by atoms with E-state index in [1.165, 1.54) is 7.11 Å². The molecule has 0 saturated carbocycles. The summed E-state index contributed by atoms with van der Waals surface area (Å²) in [7, 11) is 0.0440. The predicted octanol–water partition coefficient (Wildman–Crippen LogP) is 3.06. The molecule has 0 aliphatic heterocycles. The molecule has 114 valence electrons. The normalized spacial score (nSPS) is 13.4. The molecule has 2 aromatic rings. The topological polar surface area (TPSA) is 53.3 Å². The Morgan fingerprint density at radius 2 is 2.10 bits per heavy atom. The summed E-state index contributed by atoms with van der Waals surface area (Å²) in [6.07, 6.45) is 1.78. The molecule has 1 aromatic carbocycles. The zero-order valence-corrected chi connectivity index (χ0v) is 14.2. The molecule has 21 heavy (non-hydrogen) atoms. The lowest BCUT2D eigenvalue weighted by molar-refractivity contribution is 0.0517. The van der Waals surface area contributed by atoms with E-state index in [1.54, 1.807) is 23.0 Å². The molecule has 0 aliphatic rings. The van der Waals surface area contributed by atoms with Crippen LogP contribution < -0.4 is 0 Å². The fraction of sp³-hybridized carbons (Fsp3) is 0.467. The second kappa shape index (κ2) is 5.99. The third-order valence-corrected chi connectivity index (χ3v) is 6.34. The Morgan fingerprint density at radius 1 is 1.38 bits per heavy atom. The van der Waals surface area contributed by atoms with Crippen molar-refractivity contribution in [3.63, 3.8) is 0 Å². The van der Waals surface area contributed by atoms with Gasteiger partial charge in [-0.2, -0.15) is 5.10 Å². The monoisotopic (exact) mass is 306 g/mol. The average Bonchev–Trinajstić information content (AvgIpc) is 2.85. The number of rotatable bonds is 5. The molecule has 0 bridgehead atoms. The van der Waals surface area contributed by atoms with Crippen LogP contribution in [0, 0.1) is 0 Å². The van der Waals surface area contributed by atoms with Crippen LogP contribution >= 0.6 is 0 Å². The third-order valence-electron chi connectivity index (χ3n) is 3.73. The average molecular weight is 306 g/mol. The maximum absolute atomic E-state index is 11.6. The Hall–Kier alpha value is -1.66. The minimum Gasteiger partial charge on any atom is -0.465 e. The van der Waals surface area contributed by atoms with E-state index in [0.29, 0.717) is 12.3 Å². The van der Waals surface area contributed by atoms with Gasteiger partial charge >= 0.3 is 5.97 Å². The Balaban J connectivity index is 2.22. The molecule has 0 saturated heterocycles. The highest BCUT2D eigenvalue weighted by molar-refractivity contribution is 6.77. The number of benzene rings is 1. The summed E-state index contributed by atoms with van der Waals surface area (Å²) in [6.45, 7) is 9.31. The largest absolute Gasteiger partial charge is 0.465 e. The highest BCUT2D eigenvalue weighted by Crippen LogP contribution is 2.18. The second-order valence-electron chi connectivity index (χ2n) is 6.21. The number of fused-ring (bicyclic) bond motifs is 1. The maximum Gasteiger partial charge on any atom is 0.337 e. The van der Waals surface area contributed by atoms with Gasteiger partial charge in [0.25, 0.3) is 0 Å². The van der Waals surface area contributed by atoms with Crippen molar-refractivity contribution in [1.82, 2.24) is 9.78 Å². The van der Waals surface area contributed by atoms with E-state index in [4.69, 9.17) is 9.47 Å². The molecule has 0 radical (unpaired) electrons. The zero-order valence-electron chi connectivity index (χ0n) is 13.2. The summed E-state index contributed by atoms with van der Waals surface area (Å²) in [6, 6.07) is 5.40. The molecule has 0 fully saturated rings. The van der Waals surface area contributed by atoms with Crippen LogP contribution in [0.1, 0.15) is 17.3 Å². The summed E-state index contributed by atoms with van der Waals surface area (Å²) in [5.74, 6) is -0.346. The van der Waals surface area contributed by atoms with Crippen molar-refractivity contribution >= 4 is 24.9 Å². The fourth-order valence-corrected chi connectivity index (χ4v) is 2.43. The van der Waals surface area contributed by atoms with Gasteiger partial charge in [0.05, 0.1) is 32.5 Å². The van der Waals surface area contributed by atoms with Crippen LogP contribution in [0.25, 0.3) is 10.9 Å². The first kappa shape index (κ1) is 15.7.